The van der Waals surface area contributed by atoms with Gasteiger partial charge in [0, 0.05) is 6.07 Å². The Morgan fingerprint density at radius 2 is 1.96 bits per heavy atom. The first-order valence-corrected chi connectivity index (χ1v) is 7.69. The first-order valence-electron chi connectivity index (χ1n) is 7.69. The number of aryl methyl sites for hydroxylation is 1. The van der Waals surface area contributed by atoms with E-state index in [4.69, 9.17) is 9.15 Å². The van der Waals surface area contributed by atoms with Crippen LogP contribution >= 0.6 is 0 Å². The molecule has 0 radical (unpaired) electrons. The molecular formula is C18H14N4O3. The Morgan fingerprint density at radius 1 is 1.16 bits per heavy atom. The number of esters is 1. The van der Waals surface area contributed by atoms with Gasteiger partial charge in [-0.1, -0.05) is 12.1 Å². The van der Waals surface area contributed by atoms with E-state index in [1.165, 1.54) is 0 Å². The van der Waals surface area contributed by atoms with Crippen molar-refractivity contribution in [3.63, 3.8) is 0 Å². The number of fused-ring (bicyclic) bond motifs is 1. The van der Waals surface area contributed by atoms with Crippen molar-refractivity contribution in [3.05, 3.63) is 65.8 Å². The van der Waals surface area contributed by atoms with Crippen molar-refractivity contribution in [1.82, 2.24) is 20.2 Å². The van der Waals surface area contributed by atoms with Gasteiger partial charge in [-0.2, -0.15) is 5.10 Å². The van der Waals surface area contributed by atoms with Crippen molar-refractivity contribution in [2.45, 2.75) is 13.5 Å². The third-order valence-corrected chi connectivity index (χ3v) is 3.75. The van der Waals surface area contributed by atoms with E-state index in [-0.39, 0.29) is 12.3 Å². The quantitative estimate of drug-likeness (QED) is 0.576. The number of nitrogens with zero attached hydrogens (tertiary/aromatic N) is 3. The van der Waals surface area contributed by atoms with Gasteiger partial charge in [-0.05, 0) is 31.2 Å². The SMILES string of the molecule is Cc1nc2ccccc2nc1COC(=O)c1cc(-c2ccco2)n[nH]1. The summed E-state index contributed by atoms with van der Waals surface area (Å²) in [5.41, 5.74) is 3.72. The van der Waals surface area contributed by atoms with Gasteiger partial charge in [-0.15, -0.1) is 0 Å². The van der Waals surface area contributed by atoms with Gasteiger partial charge < -0.3 is 9.15 Å². The molecule has 7 heteroatoms. The zero-order valence-corrected chi connectivity index (χ0v) is 13.4. The molecule has 25 heavy (non-hydrogen) atoms. The van der Waals surface area contributed by atoms with Crippen molar-refractivity contribution in [3.8, 4) is 11.5 Å². The van der Waals surface area contributed by atoms with Crippen LogP contribution in [0.5, 0.6) is 0 Å². The molecule has 0 saturated carbocycles. The number of aromatic amines is 1. The second-order valence-electron chi connectivity index (χ2n) is 5.46. The van der Waals surface area contributed by atoms with Crippen molar-refractivity contribution in [2.75, 3.05) is 0 Å². The number of para-hydroxylation sites is 2. The largest absolute Gasteiger partial charge is 0.463 e. The molecule has 124 valence electrons. The predicted molar refractivity (Wildman–Crippen MR) is 89.7 cm³/mol. The molecule has 0 aliphatic heterocycles. The molecule has 1 aromatic carbocycles. The Kier molecular flexibility index (Phi) is 3.74. The Hall–Kier alpha value is -3.48. The van der Waals surface area contributed by atoms with E-state index >= 15 is 0 Å². The number of carbonyl (C=O) groups is 1. The average Bonchev–Trinajstić information content (AvgIpc) is 3.30. The highest BCUT2D eigenvalue weighted by Gasteiger charge is 2.15. The van der Waals surface area contributed by atoms with E-state index in [2.05, 4.69) is 20.2 Å². The molecule has 7 nitrogen and oxygen atoms in total. The summed E-state index contributed by atoms with van der Waals surface area (Å²) >= 11 is 0. The molecule has 0 aliphatic rings. The summed E-state index contributed by atoms with van der Waals surface area (Å²) in [5.74, 6) is 0.0613. The van der Waals surface area contributed by atoms with Gasteiger partial charge in [0.2, 0.25) is 0 Å². The zero-order valence-electron chi connectivity index (χ0n) is 13.4. The van der Waals surface area contributed by atoms with Gasteiger partial charge >= 0.3 is 5.97 Å². The van der Waals surface area contributed by atoms with Crippen LogP contribution in [0.3, 0.4) is 0 Å². The topological polar surface area (TPSA) is 93.9 Å². The molecule has 0 saturated heterocycles. The highest BCUT2D eigenvalue weighted by Crippen LogP contribution is 2.18. The van der Waals surface area contributed by atoms with Crippen molar-refractivity contribution in [1.29, 1.82) is 0 Å². The van der Waals surface area contributed by atoms with Crippen LogP contribution < -0.4 is 0 Å². The van der Waals surface area contributed by atoms with E-state index in [1.54, 1.807) is 24.5 Å². The fourth-order valence-corrected chi connectivity index (χ4v) is 2.45. The summed E-state index contributed by atoms with van der Waals surface area (Å²) in [5, 5.41) is 6.70. The standard InChI is InChI=1S/C18H14N4O3/c1-11-16(20-13-6-3-2-5-12(13)19-11)10-25-18(23)15-9-14(21-22-15)17-7-4-8-24-17/h2-9H,10H2,1H3,(H,21,22). The van der Waals surface area contributed by atoms with Crippen LogP contribution in [0.15, 0.2) is 53.1 Å². The maximum absolute atomic E-state index is 12.2. The lowest BCUT2D eigenvalue weighted by atomic mass is 10.2. The minimum atomic E-state index is -0.514. The van der Waals surface area contributed by atoms with Gasteiger partial charge in [-0.25, -0.2) is 14.8 Å². The van der Waals surface area contributed by atoms with E-state index in [9.17, 15) is 4.79 Å². The van der Waals surface area contributed by atoms with Crippen LogP contribution in [0.25, 0.3) is 22.5 Å². The number of hydrogen-bond acceptors (Lipinski definition) is 6. The molecule has 0 bridgehead atoms. The number of H-pyrrole nitrogens is 1. The van der Waals surface area contributed by atoms with Crippen LogP contribution in [0.2, 0.25) is 0 Å². The summed E-state index contributed by atoms with van der Waals surface area (Å²) in [6, 6.07) is 12.7. The molecule has 4 aromatic rings. The predicted octanol–water partition coefficient (Wildman–Crippen LogP) is 3.28. The van der Waals surface area contributed by atoms with Gasteiger partial charge in [0.25, 0.3) is 0 Å². The van der Waals surface area contributed by atoms with Gasteiger partial charge in [0.15, 0.2) is 5.76 Å². The third-order valence-electron chi connectivity index (χ3n) is 3.75. The Balaban J connectivity index is 1.49. The molecule has 0 fully saturated rings. The number of furan rings is 1. The zero-order chi connectivity index (χ0) is 17.2. The van der Waals surface area contributed by atoms with Gasteiger partial charge in [0.05, 0.1) is 28.7 Å². The van der Waals surface area contributed by atoms with Crippen LogP contribution in [0.4, 0.5) is 0 Å². The van der Waals surface area contributed by atoms with Crippen molar-refractivity contribution >= 4 is 17.0 Å². The fourth-order valence-electron chi connectivity index (χ4n) is 2.45. The maximum atomic E-state index is 12.2. The summed E-state index contributed by atoms with van der Waals surface area (Å²) in [6.45, 7) is 1.88. The smallest absolute Gasteiger partial charge is 0.356 e. The minimum Gasteiger partial charge on any atom is -0.463 e. The third kappa shape index (κ3) is 2.99. The monoisotopic (exact) mass is 334 g/mol. The van der Waals surface area contributed by atoms with E-state index in [0.29, 0.717) is 17.1 Å². The summed E-state index contributed by atoms with van der Waals surface area (Å²) in [4.78, 5) is 21.2. The highest BCUT2D eigenvalue weighted by atomic mass is 16.5. The maximum Gasteiger partial charge on any atom is 0.356 e. The lowest BCUT2D eigenvalue weighted by molar-refractivity contribution is 0.0460. The van der Waals surface area contributed by atoms with E-state index < -0.39 is 5.97 Å². The minimum absolute atomic E-state index is 0.0393. The number of hydrogen-bond donors (Lipinski definition) is 1. The molecule has 3 heterocycles. The summed E-state index contributed by atoms with van der Waals surface area (Å²) in [6.07, 6.45) is 1.54. The number of ether oxygens (including phenoxy) is 1. The Labute approximate surface area is 142 Å². The van der Waals surface area contributed by atoms with Crippen LogP contribution in [-0.4, -0.2) is 26.1 Å². The molecule has 0 aliphatic carbocycles. The number of carbonyl (C=O) groups excluding carboxylic acids is 1. The first kappa shape index (κ1) is 15.1. The van der Waals surface area contributed by atoms with Crippen LogP contribution in [0.1, 0.15) is 21.9 Å². The molecule has 1 N–H and O–H groups in total. The summed E-state index contributed by atoms with van der Waals surface area (Å²) in [7, 11) is 0. The van der Waals surface area contributed by atoms with Gasteiger partial charge in [0.1, 0.15) is 18.0 Å². The Bertz CT molecular complexity index is 1040. The Morgan fingerprint density at radius 3 is 2.72 bits per heavy atom. The van der Waals surface area contributed by atoms with E-state index in [1.807, 2.05) is 31.2 Å². The fraction of sp³-hybridized carbons (Fsp3) is 0.111. The lowest BCUT2D eigenvalue weighted by Gasteiger charge is -2.07. The second-order valence-corrected chi connectivity index (χ2v) is 5.46. The number of nitrogens with one attached hydrogen (secondary N) is 1. The van der Waals surface area contributed by atoms with Crippen LogP contribution in [-0.2, 0) is 11.3 Å². The lowest BCUT2D eigenvalue weighted by Crippen LogP contribution is -2.08. The normalized spacial score (nSPS) is 10.9. The number of benzene rings is 1. The van der Waals surface area contributed by atoms with Crippen molar-refractivity contribution in [2.24, 2.45) is 0 Å². The van der Waals surface area contributed by atoms with Crippen molar-refractivity contribution < 1.29 is 13.9 Å². The first-order chi connectivity index (χ1) is 12.2. The second kappa shape index (κ2) is 6.20. The molecule has 0 atom stereocenters. The van der Waals surface area contributed by atoms with Gasteiger partial charge in [-0.3, -0.25) is 5.10 Å². The van der Waals surface area contributed by atoms with Crippen LogP contribution in [0, 0.1) is 6.92 Å². The van der Waals surface area contributed by atoms with E-state index in [0.717, 1.165) is 16.7 Å². The molecule has 0 amide bonds. The number of rotatable bonds is 4. The number of aromatic nitrogens is 4. The highest BCUT2D eigenvalue weighted by molar-refractivity contribution is 5.88. The molecule has 0 unspecified atom stereocenters. The molecule has 3 aromatic heterocycles. The molecule has 0 spiro atoms. The summed E-state index contributed by atoms with van der Waals surface area (Å²) < 4.78 is 10.6. The average molecular weight is 334 g/mol. The molecular weight excluding hydrogens is 320 g/mol. The molecule has 4 rings (SSSR count).